The summed E-state index contributed by atoms with van der Waals surface area (Å²) in [5.41, 5.74) is 5.89. The molecule has 1 amide bonds. The summed E-state index contributed by atoms with van der Waals surface area (Å²) in [4.78, 5) is 17.0. The topological polar surface area (TPSA) is 51.2 Å². The van der Waals surface area contributed by atoms with Crippen LogP contribution in [0.3, 0.4) is 0 Å². The molecule has 6 heteroatoms. The van der Waals surface area contributed by atoms with Gasteiger partial charge in [0.15, 0.2) is 6.61 Å². The molecule has 0 radical (unpaired) electrons. The van der Waals surface area contributed by atoms with Crippen LogP contribution in [0.25, 0.3) is 21.8 Å². The molecule has 156 valence electrons. The standard InChI is InChI=1S/C25H21ClN2O2S/c1-16-5-3-4-6-21(16)25-28-23(15-31-25)18-7-9-19(10-8-18)27-24(29)14-30-20-11-12-22(26)17(2)13-20/h3-13,15H,14H2,1-2H3,(H,27,29). The number of halogens is 1. The smallest absolute Gasteiger partial charge is 0.262 e. The summed E-state index contributed by atoms with van der Waals surface area (Å²) in [5, 5.41) is 6.57. The molecule has 0 saturated heterocycles. The fourth-order valence-electron chi connectivity index (χ4n) is 3.12. The van der Waals surface area contributed by atoms with Gasteiger partial charge in [0.2, 0.25) is 0 Å². The fraction of sp³-hybridized carbons (Fsp3) is 0.120. The van der Waals surface area contributed by atoms with Crippen molar-refractivity contribution in [1.82, 2.24) is 4.98 Å². The second-order valence-corrected chi connectivity index (χ2v) is 8.44. The first-order chi connectivity index (χ1) is 15.0. The third-order valence-electron chi connectivity index (χ3n) is 4.84. The number of ether oxygens (including phenoxy) is 1. The van der Waals surface area contributed by atoms with Crippen molar-refractivity contribution in [3.05, 3.63) is 88.3 Å². The molecule has 1 aromatic heterocycles. The molecule has 0 fully saturated rings. The van der Waals surface area contributed by atoms with Crippen LogP contribution in [0.4, 0.5) is 5.69 Å². The molecule has 4 aromatic rings. The number of nitrogens with one attached hydrogen (secondary N) is 1. The molecule has 0 atom stereocenters. The van der Waals surface area contributed by atoms with Gasteiger partial charge in [0.1, 0.15) is 10.8 Å². The Morgan fingerprint density at radius 3 is 2.55 bits per heavy atom. The molecule has 0 saturated carbocycles. The molecule has 1 N–H and O–H groups in total. The molecule has 4 nitrogen and oxygen atoms in total. The maximum Gasteiger partial charge on any atom is 0.262 e. The number of benzene rings is 3. The molecule has 0 unspecified atom stereocenters. The molecule has 0 spiro atoms. The highest BCUT2D eigenvalue weighted by Crippen LogP contribution is 2.31. The van der Waals surface area contributed by atoms with Crippen LogP contribution >= 0.6 is 22.9 Å². The number of aromatic nitrogens is 1. The zero-order chi connectivity index (χ0) is 21.8. The van der Waals surface area contributed by atoms with E-state index >= 15 is 0 Å². The first-order valence-corrected chi connectivity index (χ1v) is 11.1. The minimum Gasteiger partial charge on any atom is -0.484 e. The summed E-state index contributed by atoms with van der Waals surface area (Å²) in [6.07, 6.45) is 0. The van der Waals surface area contributed by atoms with Crippen molar-refractivity contribution in [3.8, 4) is 27.6 Å². The molecule has 1 heterocycles. The highest BCUT2D eigenvalue weighted by Gasteiger charge is 2.09. The number of nitrogens with zero attached hydrogens (tertiary/aromatic N) is 1. The van der Waals surface area contributed by atoms with E-state index in [1.54, 1.807) is 23.5 Å². The molecule has 0 aliphatic rings. The van der Waals surface area contributed by atoms with Gasteiger partial charge in [-0.05, 0) is 55.3 Å². The average Bonchev–Trinajstić information content (AvgIpc) is 3.25. The fourth-order valence-corrected chi connectivity index (χ4v) is 4.16. The van der Waals surface area contributed by atoms with Crippen molar-refractivity contribution >= 4 is 34.5 Å². The molecule has 4 rings (SSSR count). The summed E-state index contributed by atoms with van der Waals surface area (Å²) >= 11 is 7.64. The number of hydrogen-bond donors (Lipinski definition) is 1. The first kappa shape index (κ1) is 21.1. The Bertz CT molecular complexity index is 1220. The molecule has 3 aromatic carbocycles. The van der Waals surface area contributed by atoms with Crippen molar-refractivity contribution in [2.24, 2.45) is 0 Å². The van der Waals surface area contributed by atoms with Crippen LogP contribution in [0.15, 0.2) is 72.1 Å². The Morgan fingerprint density at radius 1 is 1.03 bits per heavy atom. The minimum absolute atomic E-state index is 0.0747. The van der Waals surface area contributed by atoms with Crippen LogP contribution in [0.1, 0.15) is 11.1 Å². The quantitative estimate of drug-likeness (QED) is 0.354. The number of anilines is 1. The van der Waals surface area contributed by atoms with Gasteiger partial charge in [-0.15, -0.1) is 11.3 Å². The summed E-state index contributed by atoms with van der Waals surface area (Å²) in [7, 11) is 0. The molecule has 0 bridgehead atoms. The van der Waals surface area contributed by atoms with Gasteiger partial charge in [-0.3, -0.25) is 4.79 Å². The lowest BCUT2D eigenvalue weighted by molar-refractivity contribution is -0.118. The number of carbonyl (C=O) groups is 1. The van der Waals surface area contributed by atoms with Crippen molar-refractivity contribution in [2.45, 2.75) is 13.8 Å². The molecular weight excluding hydrogens is 428 g/mol. The van der Waals surface area contributed by atoms with Crippen LogP contribution in [-0.4, -0.2) is 17.5 Å². The van der Waals surface area contributed by atoms with E-state index in [0.717, 1.165) is 27.4 Å². The van der Waals surface area contributed by atoms with Crippen LogP contribution in [-0.2, 0) is 4.79 Å². The second kappa shape index (κ2) is 9.33. The average molecular weight is 449 g/mol. The van der Waals surface area contributed by atoms with Gasteiger partial charge < -0.3 is 10.1 Å². The SMILES string of the molecule is Cc1cc(OCC(=O)Nc2ccc(-c3csc(-c4ccccc4C)n3)cc2)ccc1Cl. The largest absolute Gasteiger partial charge is 0.484 e. The second-order valence-electron chi connectivity index (χ2n) is 7.18. The summed E-state index contributed by atoms with van der Waals surface area (Å²) in [6, 6.07) is 21.2. The van der Waals surface area contributed by atoms with E-state index in [9.17, 15) is 4.79 Å². The van der Waals surface area contributed by atoms with Crippen LogP contribution in [0, 0.1) is 13.8 Å². The summed E-state index contributed by atoms with van der Waals surface area (Å²) in [5.74, 6) is 0.385. The van der Waals surface area contributed by atoms with E-state index in [0.29, 0.717) is 16.5 Å². The highest BCUT2D eigenvalue weighted by molar-refractivity contribution is 7.13. The Balaban J connectivity index is 1.37. The van der Waals surface area contributed by atoms with E-state index in [2.05, 4.69) is 29.8 Å². The van der Waals surface area contributed by atoms with Crippen molar-refractivity contribution < 1.29 is 9.53 Å². The molecule has 0 aliphatic carbocycles. The third-order valence-corrected chi connectivity index (χ3v) is 6.14. The van der Waals surface area contributed by atoms with Gasteiger partial charge in [0, 0.05) is 27.2 Å². The summed E-state index contributed by atoms with van der Waals surface area (Å²) < 4.78 is 5.54. The lowest BCUT2D eigenvalue weighted by atomic mass is 10.1. The van der Waals surface area contributed by atoms with Crippen molar-refractivity contribution in [2.75, 3.05) is 11.9 Å². The number of aryl methyl sites for hydroxylation is 2. The van der Waals surface area contributed by atoms with Crippen LogP contribution < -0.4 is 10.1 Å². The monoisotopic (exact) mass is 448 g/mol. The number of thiazole rings is 1. The minimum atomic E-state index is -0.226. The van der Waals surface area contributed by atoms with Gasteiger partial charge in [0.25, 0.3) is 5.91 Å². The highest BCUT2D eigenvalue weighted by atomic mass is 35.5. The first-order valence-electron chi connectivity index (χ1n) is 9.80. The lowest BCUT2D eigenvalue weighted by Crippen LogP contribution is -2.20. The van der Waals surface area contributed by atoms with Gasteiger partial charge in [0.05, 0.1) is 5.69 Å². The van der Waals surface area contributed by atoms with Crippen molar-refractivity contribution in [1.29, 1.82) is 0 Å². The Morgan fingerprint density at radius 2 is 1.81 bits per heavy atom. The maximum absolute atomic E-state index is 12.2. The number of hydrogen-bond acceptors (Lipinski definition) is 4. The van der Waals surface area contributed by atoms with Gasteiger partial charge >= 0.3 is 0 Å². The Hall–Kier alpha value is -3.15. The zero-order valence-corrected chi connectivity index (χ0v) is 18.8. The molecule has 0 aliphatic heterocycles. The van der Waals surface area contributed by atoms with Gasteiger partial charge in [-0.25, -0.2) is 4.98 Å². The number of rotatable bonds is 6. The van der Waals surface area contributed by atoms with Crippen LogP contribution in [0.2, 0.25) is 5.02 Å². The van der Waals surface area contributed by atoms with E-state index in [1.165, 1.54) is 5.56 Å². The summed E-state index contributed by atoms with van der Waals surface area (Å²) in [6.45, 7) is 3.91. The number of carbonyl (C=O) groups excluding carboxylic acids is 1. The van der Waals surface area contributed by atoms with E-state index < -0.39 is 0 Å². The van der Waals surface area contributed by atoms with E-state index in [-0.39, 0.29) is 12.5 Å². The predicted octanol–water partition coefficient (Wildman–Crippen LogP) is 6.76. The molecular formula is C25H21ClN2O2S. The van der Waals surface area contributed by atoms with E-state index in [4.69, 9.17) is 21.3 Å². The Labute approximate surface area is 190 Å². The van der Waals surface area contributed by atoms with Gasteiger partial charge in [-0.1, -0.05) is 48.0 Å². The third kappa shape index (κ3) is 5.13. The predicted molar refractivity (Wildman–Crippen MR) is 128 cm³/mol. The molecule has 31 heavy (non-hydrogen) atoms. The van der Waals surface area contributed by atoms with E-state index in [1.807, 2.05) is 49.4 Å². The number of amides is 1. The zero-order valence-electron chi connectivity index (χ0n) is 17.2. The maximum atomic E-state index is 12.2. The lowest BCUT2D eigenvalue weighted by Gasteiger charge is -2.09. The normalized spacial score (nSPS) is 10.7. The van der Waals surface area contributed by atoms with Gasteiger partial charge in [-0.2, -0.15) is 0 Å². The Kier molecular flexibility index (Phi) is 6.35. The van der Waals surface area contributed by atoms with Crippen molar-refractivity contribution in [3.63, 3.8) is 0 Å². The van der Waals surface area contributed by atoms with Crippen LogP contribution in [0.5, 0.6) is 5.75 Å².